The molecule has 0 heterocycles. The maximum absolute atomic E-state index is 12.1. The second kappa shape index (κ2) is 7.50. The van der Waals surface area contributed by atoms with Crippen LogP contribution in [-0.2, 0) is 4.79 Å². The molecule has 0 aliphatic rings. The molecule has 0 atom stereocenters. The number of aryl methyl sites for hydroxylation is 2. The number of primary amides is 1. The number of nitrogens with one attached hydrogen (secondary N) is 1. The van der Waals surface area contributed by atoms with Crippen LogP contribution in [0.4, 0.5) is 5.69 Å². The van der Waals surface area contributed by atoms with Gasteiger partial charge in [-0.05, 0) is 49.2 Å². The van der Waals surface area contributed by atoms with Gasteiger partial charge in [-0.25, -0.2) is 0 Å². The second-order valence-electron chi connectivity index (χ2n) is 5.44. The van der Waals surface area contributed by atoms with Crippen LogP contribution in [0.5, 0.6) is 11.5 Å². The van der Waals surface area contributed by atoms with Crippen LogP contribution >= 0.6 is 0 Å². The molecule has 126 valence electrons. The van der Waals surface area contributed by atoms with Crippen LogP contribution in [0.1, 0.15) is 21.5 Å². The van der Waals surface area contributed by atoms with Crippen molar-refractivity contribution in [2.45, 2.75) is 13.8 Å². The van der Waals surface area contributed by atoms with Gasteiger partial charge in [0.2, 0.25) is 0 Å². The van der Waals surface area contributed by atoms with E-state index in [4.69, 9.17) is 15.2 Å². The van der Waals surface area contributed by atoms with Gasteiger partial charge in [0.05, 0.1) is 12.7 Å². The van der Waals surface area contributed by atoms with Crippen LogP contribution in [0.2, 0.25) is 0 Å². The number of methoxy groups -OCH3 is 1. The lowest BCUT2D eigenvalue weighted by Gasteiger charge is -2.12. The van der Waals surface area contributed by atoms with Gasteiger partial charge in [-0.3, -0.25) is 9.59 Å². The second-order valence-corrected chi connectivity index (χ2v) is 5.44. The summed E-state index contributed by atoms with van der Waals surface area (Å²) in [6, 6.07) is 10.4. The predicted molar refractivity (Wildman–Crippen MR) is 91.6 cm³/mol. The number of carbonyl (C=O) groups excluding carboxylic acids is 2. The average Bonchev–Trinajstić information content (AvgIpc) is 2.51. The Hall–Kier alpha value is -3.02. The van der Waals surface area contributed by atoms with Crippen molar-refractivity contribution in [1.82, 2.24) is 0 Å². The lowest BCUT2D eigenvalue weighted by Crippen LogP contribution is -2.21. The molecule has 2 aromatic carbocycles. The van der Waals surface area contributed by atoms with Gasteiger partial charge >= 0.3 is 0 Å². The summed E-state index contributed by atoms with van der Waals surface area (Å²) in [5, 5.41) is 2.76. The normalized spacial score (nSPS) is 10.1. The number of nitrogens with two attached hydrogens (primary N) is 1. The molecule has 24 heavy (non-hydrogen) atoms. The zero-order valence-electron chi connectivity index (χ0n) is 13.9. The monoisotopic (exact) mass is 328 g/mol. The molecule has 2 amide bonds. The summed E-state index contributed by atoms with van der Waals surface area (Å²) in [6.45, 7) is 3.66. The van der Waals surface area contributed by atoms with Crippen molar-refractivity contribution in [3.05, 3.63) is 53.1 Å². The van der Waals surface area contributed by atoms with Crippen LogP contribution in [0.3, 0.4) is 0 Å². The van der Waals surface area contributed by atoms with Gasteiger partial charge in [-0.2, -0.15) is 0 Å². The first-order valence-electron chi connectivity index (χ1n) is 7.38. The molecule has 0 fully saturated rings. The molecule has 0 spiro atoms. The van der Waals surface area contributed by atoms with Crippen molar-refractivity contribution in [2.24, 2.45) is 5.73 Å². The number of anilines is 1. The SMILES string of the molecule is COc1ccc(C(N)=O)c(OCC(=O)Nc2cc(C)cc(C)c2)c1. The summed E-state index contributed by atoms with van der Waals surface area (Å²) >= 11 is 0. The summed E-state index contributed by atoms with van der Waals surface area (Å²) in [4.78, 5) is 23.5. The summed E-state index contributed by atoms with van der Waals surface area (Å²) < 4.78 is 10.5. The van der Waals surface area contributed by atoms with E-state index in [9.17, 15) is 9.59 Å². The molecule has 0 radical (unpaired) electrons. The zero-order chi connectivity index (χ0) is 17.7. The fraction of sp³-hybridized carbons (Fsp3) is 0.222. The summed E-state index contributed by atoms with van der Waals surface area (Å²) in [5.74, 6) is -0.261. The van der Waals surface area contributed by atoms with Gasteiger partial charge in [0.1, 0.15) is 11.5 Å². The highest BCUT2D eigenvalue weighted by Crippen LogP contribution is 2.24. The lowest BCUT2D eigenvalue weighted by molar-refractivity contribution is -0.118. The van der Waals surface area contributed by atoms with E-state index in [1.165, 1.54) is 19.2 Å². The molecule has 0 saturated carbocycles. The number of ether oxygens (including phenoxy) is 2. The third kappa shape index (κ3) is 4.49. The minimum absolute atomic E-state index is 0.190. The Bertz CT molecular complexity index is 751. The van der Waals surface area contributed by atoms with Crippen LogP contribution in [0, 0.1) is 13.8 Å². The molecule has 0 aliphatic carbocycles. The maximum atomic E-state index is 12.1. The van der Waals surface area contributed by atoms with Crippen molar-refractivity contribution in [1.29, 1.82) is 0 Å². The largest absolute Gasteiger partial charge is 0.497 e. The van der Waals surface area contributed by atoms with Gasteiger partial charge in [0.15, 0.2) is 6.61 Å². The maximum Gasteiger partial charge on any atom is 0.262 e. The van der Waals surface area contributed by atoms with Crippen LogP contribution < -0.4 is 20.5 Å². The summed E-state index contributed by atoms with van der Waals surface area (Å²) in [7, 11) is 1.50. The van der Waals surface area contributed by atoms with Crippen LogP contribution in [0.15, 0.2) is 36.4 Å². The zero-order valence-corrected chi connectivity index (χ0v) is 13.9. The number of benzene rings is 2. The molecule has 6 nitrogen and oxygen atoms in total. The Morgan fingerprint density at radius 3 is 2.33 bits per heavy atom. The van der Waals surface area contributed by atoms with Gasteiger partial charge in [0, 0.05) is 11.8 Å². The van der Waals surface area contributed by atoms with Crippen LogP contribution in [-0.4, -0.2) is 25.5 Å². The summed E-state index contributed by atoms with van der Waals surface area (Å²) in [6.07, 6.45) is 0. The number of hydrogen-bond acceptors (Lipinski definition) is 4. The van der Waals surface area contributed by atoms with Crippen molar-refractivity contribution in [3.63, 3.8) is 0 Å². The third-order valence-electron chi connectivity index (χ3n) is 3.32. The fourth-order valence-electron chi connectivity index (χ4n) is 2.34. The smallest absolute Gasteiger partial charge is 0.262 e. The lowest BCUT2D eigenvalue weighted by atomic mass is 10.1. The van der Waals surface area contributed by atoms with Crippen molar-refractivity contribution >= 4 is 17.5 Å². The number of rotatable bonds is 6. The van der Waals surface area contributed by atoms with E-state index < -0.39 is 5.91 Å². The van der Waals surface area contributed by atoms with E-state index in [2.05, 4.69) is 5.32 Å². The van der Waals surface area contributed by atoms with Gasteiger partial charge in [0.25, 0.3) is 11.8 Å². The van der Waals surface area contributed by atoms with E-state index in [1.807, 2.05) is 32.0 Å². The Morgan fingerprint density at radius 2 is 1.75 bits per heavy atom. The minimum Gasteiger partial charge on any atom is -0.497 e. The highest BCUT2D eigenvalue weighted by atomic mass is 16.5. The molecule has 0 unspecified atom stereocenters. The van der Waals surface area contributed by atoms with E-state index in [-0.39, 0.29) is 23.8 Å². The fourth-order valence-corrected chi connectivity index (χ4v) is 2.34. The molecule has 2 aromatic rings. The summed E-state index contributed by atoms with van der Waals surface area (Å²) in [5.41, 5.74) is 8.30. The van der Waals surface area contributed by atoms with Crippen LogP contribution in [0.25, 0.3) is 0 Å². The Kier molecular flexibility index (Phi) is 5.42. The number of carbonyl (C=O) groups is 2. The molecular weight excluding hydrogens is 308 g/mol. The van der Waals surface area contributed by atoms with E-state index in [0.29, 0.717) is 11.4 Å². The quantitative estimate of drug-likeness (QED) is 0.852. The van der Waals surface area contributed by atoms with Crippen molar-refractivity contribution in [3.8, 4) is 11.5 Å². The molecular formula is C18H20N2O4. The first-order valence-corrected chi connectivity index (χ1v) is 7.38. The number of hydrogen-bond donors (Lipinski definition) is 2. The Morgan fingerprint density at radius 1 is 1.08 bits per heavy atom. The topological polar surface area (TPSA) is 90.7 Å². The van der Waals surface area contributed by atoms with E-state index >= 15 is 0 Å². The first kappa shape index (κ1) is 17.3. The highest BCUT2D eigenvalue weighted by molar-refractivity contribution is 5.96. The van der Waals surface area contributed by atoms with E-state index in [0.717, 1.165) is 11.1 Å². The molecule has 2 rings (SSSR count). The van der Waals surface area contributed by atoms with Crippen molar-refractivity contribution in [2.75, 3.05) is 19.0 Å². The standard InChI is InChI=1S/C18H20N2O4/c1-11-6-12(2)8-13(7-11)20-17(21)10-24-16-9-14(23-3)4-5-15(16)18(19)22/h4-9H,10H2,1-3H3,(H2,19,22)(H,20,21). The Labute approximate surface area is 140 Å². The molecule has 0 bridgehead atoms. The van der Waals surface area contributed by atoms with Gasteiger partial charge in [-0.15, -0.1) is 0 Å². The predicted octanol–water partition coefficient (Wildman–Crippen LogP) is 2.43. The first-order chi connectivity index (χ1) is 11.4. The molecule has 3 N–H and O–H groups in total. The number of amides is 2. The van der Waals surface area contributed by atoms with E-state index in [1.54, 1.807) is 6.07 Å². The molecule has 0 aromatic heterocycles. The molecule has 6 heteroatoms. The Balaban J connectivity index is 2.07. The average molecular weight is 328 g/mol. The highest BCUT2D eigenvalue weighted by Gasteiger charge is 2.13. The van der Waals surface area contributed by atoms with Crippen molar-refractivity contribution < 1.29 is 19.1 Å². The minimum atomic E-state index is -0.637. The van der Waals surface area contributed by atoms with Gasteiger partial charge < -0.3 is 20.5 Å². The molecule has 0 saturated heterocycles. The van der Waals surface area contributed by atoms with Gasteiger partial charge in [-0.1, -0.05) is 6.07 Å². The third-order valence-corrected chi connectivity index (χ3v) is 3.32. The molecule has 0 aliphatic heterocycles.